The Morgan fingerprint density at radius 2 is 2.00 bits per heavy atom. The zero-order chi connectivity index (χ0) is 11.7. The van der Waals surface area contributed by atoms with Gasteiger partial charge in [0.25, 0.3) is 0 Å². The first-order valence-electron chi connectivity index (χ1n) is 6.05. The van der Waals surface area contributed by atoms with Crippen molar-refractivity contribution in [1.82, 2.24) is 19.5 Å². The Morgan fingerprint density at radius 3 is 2.76 bits per heavy atom. The van der Waals surface area contributed by atoms with Crippen LogP contribution in [0.4, 0.5) is 0 Å². The summed E-state index contributed by atoms with van der Waals surface area (Å²) >= 11 is 6.06. The molecule has 1 aliphatic rings. The molecule has 0 N–H and O–H groups in total. The van der Waals surface area contributed by atoms with Gasteiger partial charge < -0.3 is 0 Å². The average Bonchev–Trinajstić information content (AvgIpc) is 2.74. The third-order valence-electron chi connectivity index (χ3n) is 3.17. The van der Waals surface area contributed by atoms with Crippen LogP contribution in [0.15, 0.2) is 18.2 Å². The predicted molar refractivity (Wildman–Crippen MR) is 67.1 cm³/mol. The highest BCUT2D eigenvalue weighted by molar-refractivity contribution is 6.29. The highest BCUT2D eigenvalue weighted by Gasteiger charge is 2.13. The molecule has 4 nitrogen and oxygen atoms in total. The van der Waals surface area contributed by atoms with E-state index in [-0.39, 0.29) is 0 Å². The van der Waals surface area contributed by atoms with Crippen LogP contribution in [0.25, 0.3) is 5.65 Å². The summed E-state index contributed by atoms with van der Waals surface area (Å²) in [4.78, 5) is 6.90. The molecule has 1 fully saturated rings. The van der Waals surface area contributed by atoms with Gasteiger partial charge in [0.15, 0.2) is 11.5 Å². The first-order valence-corrected chi connectivity index (χ1v) is 6.43. The summed E-state index contributed by atoms with van der Waals surface area (Å²) < 4.78 is 1.70. The van der Waals surface area contributed by atoms with Crippen molar-refractivity contribution in [2.24, 2.45) is 0 Å². The van der Waals surface area contributed by atoms with Crippen LogP contribution in [0, 0.1) is 0 Å². The Kier molecular flexibility index (Phi) is 2.99. The molecule has 2 aromatic heterocycles. The maximum Gasteiger partial charge on any atom is 0.165 e. The van der Waals surface area contributed by atoms with Gasteiger partial charge in [0.2, 0.25) is 0 Å². The van der Waals surface area contributed by atoms with Crippen LogP contribution >= 0.6 is 11.6 Å². The number of likely N-dealkylation sites (tertiary alicyclic amines) is 1. The van der Waals surface area contributed by atoms with E-state index in [2.05, 4.69) is 15.0 Å². The van der Waals surface area contributed by atoms with Crippen LogP contribution in [0.2, 0.25) is 5.15 Å². The maximum absolute atomic E-state index is 6.06. The molecule has 5 heteroatoms. The van der Waals surface area contributed by atoms with Crippen LogP contribution < -0.4 is 0 Å². The Labute approximate surface area is 105 Å². The number of pyridine rings is 1. The molecular formula is C12H15ClN4. The second kappa shape index (κ2) is 4.63. The Bertz CT molecular complexity index is 516. The fourth-order valence-corrected chi connectivity index (χ4v) is 2.50. The van der Waals surface area contributed by atoms with Gasteiger partial charge in [-0.15, -0.1) is 5.10 Å². The third kappa shape index (κ3) is 2.28. The van der Waals surface area contributed by atoms with Crippen LogP contribution in [0.1, 0.15) is 25.1 Å². The fourth-order valence-electron chi connectivity index (χ4n) is 2.30. The first-order chi connectivity index (χ1) is 8.33. The Morgan fingerprint density at radius 1 is 1.18 bits per heavy atom. The lowest BCUT2D eigenvalue weighted by atomic mass is 10.1. The van der Waals surface area contributed by atoms with E-state index in [4.69, 9.17) is 11.6 Å². The van der Waals surface area contributed by atoms with Crippen molar-refractivity contribution in [2.75, 3.05) is 13.1 Å². The summed E-state index contributed by atoms with van der Waals surface area (Å²) in [5.74, 6) is 0.861. The number of halogens is 1. The molecule has 0 bridgehead atoms. The van der Waals surface area contributed by atoms with E-state index in [1.807, 2.05) is 18.2 Å². The normalized spacial score (nSPS) is 17.7. The number of nitrogens with zero attached hydrogens (tertiary/aromatic N) is 4. The lowest BCUT2D eigenvalue weighted by Crippen LogP contribution is -2.29. The van der Waals surface area contributed by atoms with Gasteiger partial charge >= 0.3 is 0 Å². The molecule has 3 heterocycles. The molecule has 1 saturated heterocycles. The standard InChI is InChI=1S/C12H15ClN4/c13-10-5-4-6-12-14-11(15-17(10)12)9-16-7-2-1-3-8-16/h4-6H,1-3,7-9H2. The van der Waals surface area contributed by atoms with Crippen molar-refractivity contribution in [2.45, 2.75) is 25.8 Å². The topological polar surface area (TPSA) is 33.4 Å². The van der Waals surface area contributed by atoms with Crippen LogP contribution in [-0.4, -0.2) is 32.6 Å². The molecule has 0 unspecified atom stereocenters. The van der Waals surface area contributed by atoms with Gasteiger partial charge in [-0.25, -0.2) is 9.50 Å². The van der Waals surface area contributed by atoms with Crippen molar-refractivity contribution >= 4 is 17.2 Å². The molecule has 0 radical (unpaired) electrons. The van der Waals surface area contributed by atoms with Crippen molar-refractivity contribution in [3.05, 3.63) is 29.2 Å². The number of fused-ring (bicyclic) bond motifs is 1. The summed E-state index contributed by atoms with van der Waals surface area (Å²) in [7, 11) is 0. The number of aromatic nitrogens is 3. The van der Waals surface area contributed by atoms with Crippen molar-refractivity contribution in [3.8, 4) is 0 Å². The summed E-state index contributed by atoms with van der Waals surface area (Å²) in [5, 5.41) is 5.05. The lowest BCUT2D eigenvalue weighted by molar-refractivity contribution is 0.216. The van der Waals surface area contributed by atoms with Crippen molar-refractivity contribution in [1.29, 1.82) is 0 Å². The number of piperidine rings is 1. The second-order valence-electron chi connectivity index (χ2n) is 4.48. The molecule has 3 rings (SSSR count). The summed E-state index contributed by atoms with van der Waals surface area (Å²) in [6.07, 6.45) is 3.92. The molecule has 0 aliphatic carbocycles. The molecule has 90 valence electrons. The van der Waals surface area contributed by atoms with E-state index < -0.39 is 0 Å². The summed E-state index contributed by atoms with van der Waals surface area (Å²) in [6, 6.07) is 5.66. The number of hydrogen-bond donors (Lipinski definition) is 0. The van der Waals surface area contributed by atoms with Gasteiger partial charge in [0, 0.05) is 0 Å². The fraction of sp³-hybridized carbons (Fsp3) is 0.500. The van der Waals surface area contributed by atoms with Crippen LogP contribution in [-0.2, 0) is 6.54 Å². The molecule has 0 saturated carbocycles. The first kappa shape index (κ1) is 11.0. The molecule has 0 amide bonds. The monoisotopic (exact) mass is 250 g/mol. The second-order valence-corrected chi connectivity index (χ2v) is 4.87. The minimum atomic E-state index is 0.611. The van der Waals surface area contributed by atoms with E-state index in [0.717, 1.165) is 31.1 Å². The lowest BCUT2D eigenvalue weighted by Gasteiger charge is -2.24. The van der Waals surface area contributed by atoms with Gasteiger partial charge in [0.05, 0.1) is 6.54 Å². The van der Waals surface area contributed by atoms with Crippen molar-refractivity contribution < 1.29 is 0 Å². The van der Waals surface area contributed by atoms with Gasteiger partial charge in [-0.3, -0.25) is 4.90 Å². The molecule has 0 aromatic carbocycles. The predicted octanol–water partition coefficient (Wildman–Crippen LogP) is 2.37. The highest BCUT2D eigenvalue weighted by atomic mass is 35.5. The SMILES string of the molecule is Clc1cccc2nc(CN3CCCCC3)nn12. The summed E-state index contributed by atoms with van der Waals surface area (Å²) in [6.45, 7) is 3.14. The van der Waals surface area contributed by atoms with Crippen LogP contribution in [0.5, 0.6) is 0 Å². The summed E-state index contributed by atoms with van der Waals surface area (Å²) in [5.41, 5.74) is 0.824. The molecule has 0 atom stereocenters. The Balaban J connectivity index is 1.83. The van der Waals surface area contributed by atoms with Gasteiger partial charge in [-0.2, -0.15) is 0 Å². The van der Waals surface area contributed by atoms with Crippen molar-refractivity contribution in [3.63, 3.8) is 0 Å². The molecular weight excluding hydrogens is 236 g/mol. The van der Waals surface area contributed by atoms with E-state index in [1.54, 1.807) is 4.52 Å². The molecule has 0 spiro atoms. The van der Waals surface area contributed by atoms with Crippen LogP contribution in [0.3, 0.4) is 0 Å². The maximum atomic E-state index is 6.06. The average molecular weight is 251 g/mol. The zero-order valence-corrected chi connectivity index (χ0v) is 10.4. The minimum Gasteiger partial charge on any atom is -0.296 e. The quantitative estimate of drug-likeness (QED) is 0.768. The van der Waals surface area contributed by atoms with E-state index >= 15 is 0 Å². The van der Waals surface area contributed by atoms with E-state index in [0.29, 0.717) is 5.15 Å². The van der Waals surface area contributed by atoms with Gasteiger partial charge in [-0.05, 0) is 38.1 Å². The van der Waals surface area contributed by atoms with E-state index in [1.165, 1.54) is 19.3 Å². The van der Waals surface area contributed by atoms with E-state index in [9.17, 15) is 0 Å². The minimum absolute atomic E-state index is 0.611. The largest absolute Gasteiger partial charge is 0.296 e. The smallest absolute Gasteiger partial charge is 0.165 e. The van der Waals surface area contributed by atoms with Gasteiger partial charge in [0.1, 0.15) is 5.15 Å². The molecule has 2 aromatic rings. The molecule has 1 aliphatic heterocycles. The number of rotatable bonds is 2. The third-order valence-corrected chi connectivity index (χ3v) is 3.46. The number of hydrogen-bond acceptors (Lipinski definition) is 3. The Hall–Kier alpha value is -1.13. The zero-order valence-electron chi connectivity index (χ0n) is 9.64. The highest BCUT2D eigenvalue weighted by Crippen LogP contribution is 2.14. The molecule has 17 heavy (non-hydrogen) atoms. The van der Waals surface area contributed by atoms with Gasteiger partial charge in [-0.1, -0.05) is 24.1 Å².